The van der Waals surface area contributed by atoms with Crippen LogP contribution >= 0.6 is 22.7 Å². The smallest absolute Gasteiger partial charge is 0.269 e. The van der Waals surface area contributed by atoms with E-state index in [1.54, 1.807) is 0 Å². The fourth-order valence-corrected chi connectivity index (χ4v) is 4.14. The lowest BCUT2D eigenvalue weighted by Crippen LogP contribution is -2.14. The van der Waals surface area contributed by atoms with Crippen LogP contribution in [0.1, 0.15) is 52.4 Å². The molecule has 0 bridgehead atoms. The average molecular weight is 402 g/mol. The number of nitrogens with zero attached hydrogens (tertiary/aromatic N) is 2. The van der Waals surface area contributed by atoms with E-state index >= 15 is 0 Å². The van der Waals surface area contributed by atoms with Gasteiger partial charge in [-0.2, -0.15) is 0 Å². The van der Waals surface area contributed by atoms with Crippen LogP contribution in [0.2, 0.25) is 0 Å². The van der Waals surface area contributed by atoms with Gasteiger partial charge in [0.25, 0.3) is 5.91 Å². The maximum atomic E-state index is 12.6. The fraction of sp³-hybridized carbons (Fsp3) is 0.350. The number of hydrogen-bond acceptors (Lipinski definition) is 6. The molecule has 0 unspecified atom stereocenters. The van der Waals surface area contributed by atoms with Crippen LogP contribution in [-0.2, 0) is 12.0 Å². The highest BCUT2D eigenvalue weighted by Gasteiger charge is 2.20. The zero-order valence-corrected chi connectivity index (χ0v) is 17.8. The minimum absolute atomic E-state index is 0.0413. The van der Waals surface area contributed by atoms with Crippen molar-refractivity contribution < 1.29 is 9.53 Å². The van der Waals surface area contributed by atoms with E-state index < -0.39 is 0 Å². The molecule has 0 aliphatic carbocycles. The van der Waals surface area contributed by atoms with E-state index in [-0.39, 0.29) is 11.3 Å². The van der Waals surface area contributed by atoms with Gasteiger partial charge >= 0.3 is 0 Å². The van der Waals surface area contributed by atoms with Crippen LogP contribution < -0.4 is 10.1 Å². The van der Waals surface area contributed by atoms with Crippen molar-refractivity contribution in [3.63, 3.8) is 0 Å². The largest absolute Gasteiger partial charge is 0.486 e. The van der Waals surface area contributed by atoms with Crippen molar-refractivity contribution in [2.45, 2.75) is 46.6 Å². The summed E-state index contributed by atoms with van der Waals surface area (Å²) >= 11 is 2.79. The summed E-state index contributed by atoms with van der Waals surface area (Å²) in [6.07, 6.45) is 0. The van der Waals surface area contributed by atoms with Gasteiger partial charge in [0.15, 0.2) is 5.13 Å². The number of carbonyl (C=O) groups is 1. The topological polar surface area (TPSA) is 64.1 Å². The molecular formula is C20H23N3O2S2. The number of ether oxygens (including phenoxy) is 1. The van der Waals surface area contributed by atoms with E-state index in [1.165, 1.54) is 28.2 Å². The van der Waals surface area contributed by atoms with Gasteiger partial charge in [0, 0.05) is 10.8 Å². The third kappa shape index (κ3) is 4.93. The third-order valence-electron chi connectivity index (χ3n) is 3.92. The molecular weight excluding hydrogens is 378 g/mol. The SMILES string of the molecule is Cc1ccc(OCc2nc(C)c(C(=O)Nc3nc(C(C)(C)C)cs3)s2)cc1. The molecule has 1 N–H and O–H groups in total. The maximum Gasteiger partial charge on any atom is 0.269 e. The molecule has 1 amide bonds. The van der Waals surface area contributed by atoms with Crippen molar-refractivity contribution in [1.29, 1.82) is 0 Å². The number of thiazole rings is 2. The van der Waals surface area contributed by atoms with Gasteiger partial charge in [0.05, 0.1) is 11.4 Å². The number of carbonyl (C=O) groups excluding carboxylic acids is 1. The van der Waals surface area contributed by atoms with E-state index in [2.05, 4.69) is 36.1 Å². The van der Waals surface area contributed by atoms with Crippen molar-refractivity contribution in [2.75, 3.05) is 5.32 Å². The van der Waals surface area contributed by atoms with E-state index in [4.69, 9.17) is 4.74 Å². The van der Waals surface area contributed by atoms with Crippen molar-refractivity contribution in [2.24, 2.45) is 0 Å². The van der Waals surface area contributed by atoms with Crippen molar-refractivity contribution >= 4 is 33.7 Å². The highest BCUT2D eigenvalue weighted by Crippen LogP contribution is 2.27. The van der Waals surface area contributed by atoms with Gasteiger partial charge in [-0.05, 0) is 26.0 Å². The summed E-state index contributed by atoms with van der Waals surface area (Å²) in [6, 6.07) is 7.86. The standard InChI is InChI=1S/C20H23N3O2S2/c1-12-6-8-14(9-7-12)25-10-16-21-13(2)17(27-16)18(24)23-19-22-15(11-26-19)20(3,4)5/h6-9,11H,10H2,1-5H3,(H,22,23,24). The number of benzene rings is 1. The molecule has 5 nitrogen and oxygen atoms in total. The summed E-state index contributed by atoms with van der Waals surface area (Å²) in [4.78, 5) is 22.2. The summed E-state index contributed by atoms with van der Waals surface area (Å²) in [5.41, 5.74) is 2.81. The van der Waals surface area contributed by atoms with Crippen molar-refractivity contribution in [1.82, 2.24) is 9.97 Å². The Morgan fingerprint density at radius 3 is 2.48 bits per heavy atom. The van der Waals surface area contributed by atoms with Gasteiger partial charge in [-0.25, -0.2) is 9.97 Å². The lowest BCUT2D eigenvalue weighted by atomic mass is 9.93. The van der Waals surface area contributed by atoms with Crippen molar-refractivity contribution in [3.05, 3.63) is 56.5 Å². The summed E-state index contributed by atoms with van der Waals surface area (Å²) in [7, 11) is 0. The molecule has 27 heavy (non-hydrogen) atoms. The second-order valence-corrected chi connectivity index (χ2v) is 9.31. The lowest BCUT2D eigenvalue weighted by molar-refractivity contribution is 0.102. The van der Waals surface area contributed by atoms with Crippen LogP contribution in [0.4, 0.5) is 5.13 Å². The van der Waals surface area contributed by atoms with Gasteiger partial charge < -0.3 is 4.74 Å². The molecule has 0 fully saturated rings. The minimum Gasteiger partial charge on any atom is -0.486 e. The number of aromatic nitrogens is 2. The monoisotopic (exact) mass is 401 g/mol. The molecule has 0 saturated heterocycles. The predicted octanol–water partition coefficient (Wildman–Crippen LogP) is 5.35. The zero-order valence-electron chi connectivity index (χ0n) is 16.1. The molecule has 2 aromatic heterocycles. The van der Waals surface area contributed by atoms with Crippen LogP contribution in [0, 0.1) is 13.8 Å². The Morgan fingerprint density at radius 2 is 1.85 bits per heavy atom. The van der Waals surface area contributed by atoms with Crippen molar-refractivity contribution in [3.8, 4) is 5.75 Å². The number of rotatable bonds is 5. The van der Waals surface area contributed by atoms with Gasteiger partial charge in [0.1, 0.15) is 22.2 Å². The van der Waals surface area contributed by atoms with E-state index in [0.717, 1.165) is 16.5 Å². The van der Waals surface area contributed by atoms with E-state index in [1.807, 2.05) is 43.5 Å². The second-order valence-electron chi connectivity index (χ2n) is 7.37. The summed E-state index contributed by atoms with van der Waals surface area (Å²) in [5.74, 6) is 0.610. The normalized spacial score (nSPS) is 11.4. The number of anilines is 1. The number of aryl methyl sites for hydroxylation is 2. The molecule has 3 aromatic rings. The van der Waals surface area contributed by atoms with Gasteiger partial charge in [0.2, 0.25) is 0 Å². The number of nitrogens with one attached hydrogen (secondary N) is 1. The molecule has 7 heteroatoms. The quantitative estimate of drug-likeness (QED) is 0.626. The average Bonchev–Trinajstić information content (AvgIpc) is 3.21. The molecule has 0 aliphatic rings. The van der Waals surface area contributed by atoms with Gasteiger partial charge in [-0.15, -0.1) is 22.7 Å². The highest BCUT2D eigenvalue weighted by molar-refractivity contribution is 7.15. The Kier molecular flexibility index (Phi) is 5.62. The molecule has 142 valence electrons. The van der Waals surface area contributed by atoms with E-state index in [9.17, 15) is 4.79 Å². The first-order valence-electron chi connectivity index (χ1n) is 8.65. The lowest BCUT2D eigenvalue weighted by Gasteiger charge is -2.14. The first-order chi connectivity index (χ1) is 12.7. The fourth-order valence-electron chi connectivity index (χ4n) is 2.33. The summed E-state index contributed by atoms with van der Waals surface area (Å²) in [5, 5.41) is 6.24. The van der Waals surface area contributed by atoms with Crippen LogP contribution in [-0.4, -0.2) is 15.9 Å². The molecule has 0 spiro atoms. The Morgan fingerprint density at radius 1 is 1.15 bits per heavy atom. The molecule has 0 aliphatic heterocycles. The molecule has 3 rings (SSSR count). The van der Waals surface area contributed by atoms with Gasteiger partial charge in [-0.3, -0.25) is 10.1 Å². The Hall–Kier alpha value is -2.25. The second kappa shape index (κ2) is 7.78. The molecule has 0 radical (unpaired) electrons. The Labute approximate surface area is 167 Å². The summed E-state index contributed by atoms with van der Waals surface area (Å²) < 4.78 is 5.76. The first kappa shape index (κ1) is 19.5. The minimum atomic E-state index is -0.179. The third-order valence-corrected chi connectivity index (χ3v) is 5.81. The maximum absolute atomic E-state index is 12.6. The molecule has 0 saturated carbocycles. The number of amides is 1. The van der Waals surface area contributed by atoms with Crippen LogP contribution in [0.5, 0.6) is 5.75 Å². The van der Waals surface area contributed by atoms with E-state index in [0.29, 0.717) is 22.3 Å². The molecule has 1 aromatic carbocycles. The summed E-state index contributed by atoms with van der Waals surface area (Å²) in [6.45, 7) is 10.5. The highest BCUT2D eigenvalue weighted by atomic mass is 32.1. The molecule has 2 heterocycles. The van der Waals surface area contributed by atoms with Crippen LogP contribution in [0.3, 0.4) is 0 Å². The van der Waals surface area contributed by atoms with Gasteiger partial charge in [-0.1, -0.05) is 38.5 Å². The predicted molar refractivity (Wildman–Crippen MR) is 111 cm³/mol. The Bertz CT molecular complexity index is 937. The van der Waals surface area contributed by atoms with Crippen LogP contribution in [0.25, 0.3) is 0 Å². The number of hydrogen-bond donors (Lipinski definition) is 1. The zero-order chi connectivity index (χ0) is 19.6. The van der Waals surface area contributed by atoms with Crippen LogP contribution in [0.15, 0.2) is 29.6 Å². The Balaban J connectivity index is 1.65. The first-order valence-corrected chi connectivity index (χ1v) is 10.3. The molecule has 0 atom stereocenters.